The van der Waals surface area contributed by atoms with Crippen molar-refractivity contribution in [2.24, 2.45) is 0 Å². The lowest BCUT2D eigenvalue weighted by molar-refractivity contribution is -0.384. The molecule has 1 amide bonds. The molecular formula is C21H21N3O5. The topological polar surface area (TPSA) is 104 Å². The number of hydrogen-bond acceptors (Lipinski definition) is 6. The van der Waals surface area contributed by atoms with Crippen molar-refractivity contribution in [2.45, 2.75) is 6.04 Å². The Balaban J connectivity index is 2.13. The summed E-state index contributed by atoms with van der Waals surface area (Å²) in [6.45, 7) is 0.784. The average Bonchev–Trinajstić information content (AvgIpc) is 2.97. The molecule has 1 atom stereocenters. The third-order valence-electron chi connectivity index (χ3n) is 4.79. The highest BCUT2D eigenvalue weighted by Crippen LogP contribution is 2.39. The Labute approximate surface area is 167 Å². The molecule has 2 aromatic rings. The van der Waals surface area contributed by atoms with Crippen LogP contribution >= 0.6 is 0 Å². The molecule has 2 aromatic carbocycles. The van der Waals surface area contributed by atoms with E-state index >= 15 is 0 Å². The Bertz CT molecular complexity index is 968. The van der Waals surface area contributed by atoms with Gasteiger partial charge in [-0.2, -0.15) is 0 Å². The number of carbonyl (C=O) groups excluding carboxylic acids is 2. The van der Waals surface area contributed by atoms with Gasteiger partial charge < -0.3 is 14.9 Å². The number of rotatable bonds is 6. The van der Waals surface area contributed by atoms with E-state index in [9.17, 15) is 24.8 Å². The summed E-state index contributed by atoms with van der Waals surface area (Å²) in [5.74, 6) is -1.74. The lowest BCUT2D eigenvalue weighted by Crippen LogP contribution is -2.35. The molecule has 1 N–H and O–H groups in total. The predicted molar refractivity (Wildman–Crippen MR) is 107 cm³/mol. The fraction of sp³-hybridized carbons (Fsp3) is 0.238. The number of non-ortho nitro benzene ring substituents is 1. The Morgan fingerprint density at radius 1 is 1.10 bits per heavy atom. The molecule has 3 rings (SSSR count). The molecule has 0 aromatic heterocycles. The van der Waals surface area contributed by atoms with Gasteiger partial charge in [-0.25, -0.2) is 0 Å². The van der Waals surface area contributed by atoms with Gasteiger partial charge in [-0.05, 0) is 31.8 Å². The summed E-state index contributed by atoms with van der Waals surface area (Å²) >= 11 is 0. The fourth-order valence-electron chi connectivity index (χ4n) is 3.29. The highest BCUT2D eigenvalue weighted by atomic mass is 16.6. The van der Waals surface area contributed by atoms with E-state index in [0.717, 1.165) is 0 Å². The predicted octanol–water partition coefficient (Wildman–Crippen LogP) is 2.58. The van der Waals surface area contributed by atoms with E-state index in [4.69, 9.17) is 0 Å². The van der Waals surface area contributed by atoms with Crippen LogP contribution in [0, 0.1) is 10.1 Å². The number of aliphatic hydroxyl groups is 1. The van der Waals surface area contributed by atoms with Crippen LogP contribution in [0.15, 0.2) is 60.2 Å². The quantitative estimate of drug-likeness (QED) is 0.265. The van der Waals surface area contributed by atoms with Gasteiger partial charge in [0.2, 0.25) is 0 Å². The number of likely N-dealkylation sites (tertiary alicyclic amines) is 1. The first-order valence-corrected chi connectivity index (χ1v) is 9.04. The van der Waals surface area contributed by atoms with Crippen LogP contribution < -0.4 is 0 Å². The van der Waals surface area contributed by atoms with Crippen LogP contribution in [0.4, 0.5) is 5.69 Å². The molecule has 1 saturated heterocycles. The maximum Gasteiger partial charge on any atom is 0.295 e. The van der Waals surface area contributed by atoms with Gasteiger partial charge in [0, 0.05) is 30.8 Å². The number of hydrogen-bond donors (Lipinski definition) is 1. The first-order valence-electron chi connectivity index (χ1n) is 9.04. The summed E-state index contributed by atoms with van der Waals surface area (Å²) < 4.78 is 0. The van der Waals surface area contributed by atoms with E-state index in [2.05, 4.69) is 0 Å². The average molecular weight is 395 g/mol. The van der Waals surface area contributed by atoms with Crippen molar-refractivity contribution in [3.8, 4) is 0 Å². The molecule has 0 bridgehead atoms. The fourth-order valence-corrected chi connectivity index (χ4v) is 3.29. The lowest BCUT2D eigenvalue weighted by atomic mass is 9.95. The van der Waals surface area contributed by atoms with E-state index in [-0.39, 0.29) is 23.6 Å². The number of amides is 1. The second kappa shape index (κ2) is 8.24. The van der Waals surface area contributed by atoms with E-state index in [1.807, 2.05) is 19.0 Å². The first-order chi connectivity index (χ1) is 13.8. The summed E-state index contributed by atoms with van der Waals surface area (Å²) in [7, 11) is 3.70. The van der Waals surface area contributed by atoms with Crippen molar-refractivity contribution in [3.05, 3.63) is 81.4 Å². The third kappa shape index (κ3) is 4.02. The van der Waals surface area contributed by atoms with Crippen LogP contribution in [0.25, 0.3) is 5.76 Å². The molecule has 0 spiro atoms. The number of likely N-dealkylation sites (N-methyl/N-ethyl adjacent to an activating group) is 1. The molecule has 1 aliphatic heterocycles. The molecular weight excluding hydrogens is 374 g/mol. The zero-order valence-corrected chi connectivity index (χ0v) is 16.1. The molecule has 29 heavy (non-hydrogen) atoms. The van der Waals surface area contributed by atoms with E-state index < -0.39 is 22.7 Å². The number of aliphatic hydroxyl groups excluding tert-OH is 1. The summed E-state index contributed by atoms with van der Waals surface area (Å²) in [6, 6.07) is 13.4. The minimum Gasteiger partial charge on any atom is -0.507 e. The molecule has 0 saturated carbocycles. The lowest BCUT2D eigenvalue weighted by Gasteiger charge is -2.26. The highest BCUT2D eigenvalue weighted by Gasteiger charge is 2.45. The minimum absolute atomic E-state index is 0.0196. The molecule has 1 fully saturated rings. The van der Waals surface area contributed by atoms with Crippen molar-refractivity contribution in [3.63, 3.8) is 0 Å². The number of carbonyl (C=O) groups is 2. The summed E-state index contributed by atoms with van der Waals surface area (Å²) in [5, 5.41) is 21.8. The second-order valence-corrected chi connectivity index (χ2v) is 7.01. The van der Waals surface area contributed by atoms with E-state index in [0.29, 0.717) is 17.7 Å². The van der Waals surface area contributed by atoms with Gasteiger partial charge in [0.25, 0.3) is 17.4 Å². The van der Waals surface area contributed by atoms with Crippen molar-refractivity contribution >= 4 is 23.1 Å². The van der Waals surface area contributed by atoms with Gasteiger partial charge in [-0.15, -0.1) is 0 Å². The Morgan fingerprint density at radius 2 is 1.72 bits per heavy atom. The number of Topliss-reactive ketones (excluding diaryl/α,β-unsaturated/α-hetero) is 1. The SMILES string of the molecule is CN(C)CCN1C(=O)C(=O)C(=C(O)c2ccccc2)[C@H]1c1ccc([N+](=O)[O-])cc1. The van der Waals surface area contributed by atoms with Crippen LogP contribution in [0.5, 0.6) is 0 Å². The van der Waals surface area contributed by atoms with Crippen LogP contribution in [-0.2, 0) is 9.59 Å². The van der Waals surface area contributed by atoms with Crippen LogP contribution in [0.3, 0.4) is 0 Å². The maximum absolute atomic E-state index is 12.8. The molecule has 150 valence electrons. The van der Waals surface area contributed by atoms with Crippen molar-refractivity contribution < 1.29 is 19.6 Å². The van der Waals surface area contributed by atoms with Crippen molar-refractivity contribution in [2.75, 3.05) is 27.2 Å². The molecule has 1 heterocycles. The molecule has 0 unspecified atom stereocenters. The molecule has 0 aliphatic carbocycles. The van der Waals surface area contributed by atoms with Crippen LogP contribution in [0.1, 0.15) is 17.2 Å². The van der Waals surface area contributed by atoms with Gasteiger partial charge in [-0.3, -0.25) is 19.7 Å². The summed E-state index contributed by atoms with van der Waals surface area (Å²) in [5.41, 5.74) is 0.826. The zero-order chi connectivity index (χ0) is 21.1. The maximum atomic E-state index is 12.8. The highest BCUT2D eigenvalue weighted by molar-refractivity contribution is 6.46. The van der Waals surface area contributed by atoms with Crippen LogP contribution in [-0.4, -0.2) is 58.7 Å². The molecule has 0 radical (unpaired) electrons. The second-order valence-electron chi connectivity index (χ2n) is 7.01. The molecule has 8 nitrogen and oxygen atoms in total. The largest absolute Gasteiger partial charge is 0.507 e. The van der Waals surface area contributed by atoms with E-state index in [1.165, 1.54) is 29.2 Å². The normalized spacial score (nSPS) is 18.4. The van der Waals surface area contributed by atoms with Gasteiger partial charge in [0.15, 0.2) is 0 Å². The van der Waals surface area contributed by atoms with Crippen LogP contribution in [0.2, 0.25) is 0 Å². The summed E-state index contributed by atoms with van der Waals surface area (Å²) in [6.07, 6.45) is 0. The Morgan fingerprint density at radius 3 is 2.28 bits per heavy atom. The smallest absolute Gasteiger partial charge is 0.295 e. The third-order valence-corrected chi connectivity index (χ3v) is 4.79. The van der Waals surface area contributed by atoms with Gasteiger partial charge in [0.1, 0.15) is 5.76 Å². The van der Waals surface area contributed by atoms with Gasteiger partial charge >= 0.3 is 0 Å². The number of nitrogens with zero attached hydrogens (tertiary/aromatic N) is 3. The standard InChI is InChI=1S/C21H21N3O5/c1-22(2)12-13-23-18(14-8-10-16(11-9-14)24(28)29)17(20(26)21(23)27)19(25)15-6-4-3-5-7-15/h3-11,18,25H,12-13H2,1-2H3/t18-/m1/s1. The number of nitro groups is 1. The first kappa shape index (κ1) is 20.2. The van der Waals surface area contributed by atoms with E-state index in [1.54, 1.807) is 30.3 Å². The number of benzene rings is 2. The Kier molecular flexibility index (Phi) is 5.74. The molecule has 1 aliphatic rings. The van der Waals surface area contributed by atoms with Gasteiger partial charge in [-0.1, -0.05) is 30.3 Å². The van der Waals surface area contributed by atoms with Crippen molar-refractivity contribution in [1.82, 2.24) is 9.80 Å². The molecule has 8 heteroatoms. The number of ketones is 1. The minimum atomic E-state index is -0.823. The zero-order valence-electron chi connectivity index (χ0n) is 16.1. The van der Waals surface area contributed by atoms with Crippen molar-refractivity contribution in [1.29, 1.82) is 0 Å². The Hall–Kier alpha value is -3.52. The number of nitro benzene ring substituents is 1. The van der Waals surface area contributed by atoms with Gasteiger partial charge in [0.05, 0.1) is 16.5 Å². The monoisotopic (exact) mass is 395 g/mol. The summed E-state index contributed by atoms with van der Waals surface area (Å²) in [4.78, 5) is 39.3.